The smallest absolute Gasteiger partial charge is 0.224 e. The van der Waals surface area contributed by atoms with Gasteiger partial charge in [0.2, 0.25) is 5.91 Å². The Hall–Kier alpha value is -2.66. The summed E-state index contributed by atoms with van der Waals surface area (Å²) in [7, 11) is 0. The molecular weight excluding hydrogens is 355 g/mol. The van der Waals surface area contributed by atoms with Gasteiger partial charge in [0.05, 0.1) is 12.5 Å². The number of para-hydroxylation sites is 1. The Morgan fingerprint density at radius 2 is 1.89 bits per heavy atom. The maximum absolute atomic E-state index is 13.2. The fraction of sp³-hybridized carbons (Fsp3) is 0.348. The second kappa shape index (κ2) is 9.51. The zero-order valence-corrected chi connectivity index (χ0v) is 16.5. The minimum atomic E-state index is -0.239. The number of aromatic nitrogens is 1. The van der Waals surface area contributed by atoms with Crippen molar-refractivity contribution in [3.63, 3.8) is 0 Å². The van der Waals surface area contributed by atoms with Gasteiger partial charge in [-0.15, -0.1) is 0 Å². The van der Waals surface area contributed by atoms with E-state index in [0.29, 0.717) is 26.1 Å². The highest BCUT2D eigenvalue weighted by Gasteiger charge is 2.12. The number of hydrogen-bond acceptors (Lipinski definition) is 2. The minimum absolute atomic E-state index is 0.00855. The van der Waals surface area contributed by atoms with Crippen LogP contribution in [0.4, 0.5) is 4.39 Å². The summed E-state index contributed by atoms with van der Waals surface area (Å²) < 4.78 is 20.8. The van der Waals surface area contributed by atoms with Crippen LogP contribution in [-0.2, 0) is 22.5 Å². The predicted molar refractivity (Wildman–Crippen MR) is 110 cm³/mol. The molecule has 3 aromatic rings. The lowest BCUT2D eigenvalue weighted by Crippen LogP contribution is -2.27. The molecular formula is C23H27FN2O2. The van der Waals surface area contributed by atoms with Crippen LogP contribution in [0.3, 0.4) is 0 Å². The van der Waals surface area contributed by atoms with Gasteiger partial charge in [-0.25, -0.2) is 4.39 Å². The molecule has 0 aliphatic carbocycles. The number of nitrogens with one attached hydrogen (secondary N) is 1. The standard InChI is InChI=1S/C23H27FN2O2/c1-17(2)28-13-5-12-25-23(27)14-19-16-26(22-7-4-3-6-21(19)22)15-18-8-10-20(24)11-9-18/h3-4,6-11,16-17H,5,12-15H2,1-2H3,(H,25,27). The van der Waals surface area contributed by atoms with Gasteiger partial charge in [-0.1, -0.05) is 30.3 Å². The first-order valence-electron chi connectivity index (χ1n) is 9.72. The van der Waals surface area contributed by atoms with Crippen LogP contribution in [0.1, 0.15) is 31.4 Å². The van der Waals surface area contributed by atoms with E-state index < -0.39 is 0 Å². The van der Waals surface area contributed by atoms with Crippen LogP contribution in [0.15, 0.2) is 54.7 Å². The number of fused-ring (bicyclic) bond motifs is 1. The average Bonchev–Trinajstić information content (AvgIpc) is 3.00. The zero-order chi connectivity index (χ0) is 19.9. The number of hydrogen-bond donors (Lipinski definition) is 1. The molecule has 0 atom stereocenters. The van der Waals surface area contributed by atoms with E-state index in [0.717, 1.165) is 28.5 Å². The highest BCUT2D eigenvalue weighted by molar-refractivity contribution is 5.89. The summed E-state index contributed by atoms with van der Waals surface area (Å²) in [5.41, 5.74) is 3.08. The molecule has 4 nitrogen and oxygen atoms in total. The Balaban J connectivity index is 1.66. The van der Waals surface area contributed by atoms with Crippen LogP contribution in [-0.4, -0.2) is 29.7 Å². The van der Waals surface area contributed by atoms with E-state index in [1.807, 2.05) is 44.3 Å². The van der Waals surface area contributed by atoms with Crippen LogP contribution in [0.5, 0.6) is 0 Å². The first-order chi connectivity index (χ1) is 13.5. The Morgan fingerprint density at radius 1 is 1.14 bits per heavy atom. The van der Waals surface area contributed by atoms with Gasteiger partial charge < -0.3 is 14.6 Å². The summed E-state index contributed by atoms with van der Waals surface area (Å²) in [5, 5.41) is 4.04. The number of benzene rings is 2. The van der Waals surface area contributed by atoms with Crippen molar-refractivity contribution in [1.29, 1.82) is 0 Å². The number of amides is 1. The summed E-state index contributed by atoms with van der Waals surface area (Å²) in [6.07, 6.45) is 3.37. The summed E-state index contributed by atoms with van der Waals surface area (Å²) in [6, 6.07) is 14.6. The molecule has 1 N–H and O–H groups in total. The number of ether oxygens (including phenoxy) is 1. The molecule has 0 saturated heterocycles. The number of rotatable bonds is 9. The van der Waals surface area contributed by atoms with Crippen molar-refractivity contribution in [1.82, 2.24) is 9.88 Å². The normalized spacial score (nSPS) is 11.3. The van der Waals surface area contributed by atoms with Crippen molar-refractivity contribution < 1.29 is 13.9 Å². The molecule has 1 aromatic heterocycles. The molecule has 0 spiro atoms. The maximum Gasteiger partial charge on any atom is 0.224 e. The Morgan fingerprint density at radius 3 is 2.64 bits per heavy atom. The van der Waals surface area contributed by atoms with Crippen LogP contribution in [0, 0.1) is 5.82 Å². The minimum Gasteiger partial charge on any atom is -0.379 e. The van der Waals surface area contributed by atoms with E-state index in [9.17, 15) is 9.18 Å². The Kier molecular flexibility index (Phi) is 6.82. The molecule has 1 heterocycles. The highest BCUT2D eigenvalue weighted by atomic mass is 19.1. The van der Waals surface area contributed by atoms with Gasteiger partial charge in [-0.3, -0.25) is 4.79 Å². The summed E-state index contributed by atoms with van der Waals surface area (Å²) in [4.78, 5) is 12.4. The fourth-order valence-electron chi connectivity index (χ4n) is 3.24. The molecule has 0 unspecified atom stereocenters. The monoisotopic (exact) mass is 382 g/mol. The molecule has 0 aliphatic rings. The molecule has 28 heavy (non-hydrogen) atoms. The topological polar surface area (TPSA) is 43.3 Å². The van der Waals surface area contributed by atoms with E-state index in [-0.39, 0.29) is 17.8 Å². The van der Waals surface area contributed by atoms with Crippen LogP contribution < -0.4 is 5.32 Å². The second-order valence-electron chi connectivity index (χ2n) is 7.23. The fourth-order valence-corrected chi connectivity index (χ4v) is 3.24. The molecule has 2 aromatic carbocycles. The van der Waals surface area contributed by atoms with Crippen LogP contribution >= 0.6 is 0 Å². The van der Waals surface area contributed by atoms with Gasteiger partial charge in [0, 0.05) is 36.8 Å². The van der Waals surface area contributed by atoms with E-state index >= 15 is 0 Å². The summed E-state index contributed by atoms with van der Waals surface area (Å²) in [6.45, 7) is 5.89. The lowest BCUT2D eigenvalue weighted by molar-refractivity contribution is -0.120. The first-order valence-corrected chi connectivity index (χ1v) is 9.72. The third-order valence-corrected chi connectivity index (χ3v) is 4.58. The lowest BCUT2D eigenvalue weighted by atomic mass is 10.1. The Bertz CT molecular complexity index is 916. The molecule has 0 aliphatic heterocycles. The van der Waals surface area contributed by atoms with Crippen molar-refractivity contribution in [3.05, 3.63) is 71.7 Å². The van der Waals surface area contributed by atoms with E-state index in [1.54, 1.807) is 12.1 Å². The van der Waals surface area contributed by atoms with Gasteiger partial charge in [0.15, 0.2) is 0 Å². The second-order valence-corrected chi connectivity index (χ2v) is 7.23. The molecule has 5 heteroatoms. The summed E-state index contributed by atoms with van der Waals surface area (Å²) in [5.74, 6) is -0.230. The van der Waals surface area contributed by atoms with Crippen molar-refractivity contribution >= 4 is 16.8 Å². The zero-order valence-electron chi connectivity index (χ0n) is 16.5. The van der Waals surface area contributed by atoms with Crippen molar-refractivity contribution in [2.24, 2.45) is 0 Å². The lowest BCUT2D eigenvalue weighted by Gasteiger charge is -2.08. The quantitative estimate of drug-likeness (QED) is 0.561. The van der Waals surface area contributed by atoms with Crippen LogP contribution in [0.2, 0.25) is 0 Å². The van der Waals surface area contributed by atoms with Gasteiger partial charge in [0.1, 0.15) is 5.82 Å². The molecule has 0 radical (unpaired) electrons. The van der Waals surface area contributed by atoms with E-state index in [1.165, 1.54) is 12.1 Å². The van der Waals surface area contributed by atoms with Gasteiger partial charge >= 0.3 is 0 Å². The molecule has 0 fully saturated rings. The van der Waals surface area contributed by atoms with Crippen molar-refractivity contribution in [2.75, 3.05) is 13.2 Å². The highest BCUT2D eigenvalue weighted by Crippen LogP contribution is 2.23. The number of nitrogens with zero attached hydrogens (tertiary/aromatic N) is 1. The predicted octanol–water partition coefficient (Wildman–Crippen LogP) is 4.30. The Labute approximate surface area is 165 Å². The number of carbonyl (C=O) groups is 1. The molecule has 0 saturated carbocycles. The SMILES string of the molecule is CC(C)OCCCNC(=O)Cc1cn(Cc2ccc(F)cc2)c2ccccc12. The number of carbonyl (C=O) groups excluding carboxylic acids is 1. The number of halogens is 1. The largest absolute Gasteiger partial charge is 0.379 e. The average molecular weight is 382 g/mol. The third-order valence-electron chi connectivity index (χ3n) is 4.58. The van der Waals surface area contributed by atoms with Gasteiger partial charge in [-0.05, 0) is 49.6 Å². The summed E-state index contributed by atoms with van der Waals surface area (Å²) >= 11 is 0. The maximum atomic E-state index is 13.2. The van der Waals surface area contributed by atoms with Gasteiger partial charge in [-0.2, -0.15) is 0 Å². The molecule has 1 amide bonds. The van der Waals surface area contributed by atoms with Gasteiger partial charge in [0.25, 0.3) is 0 Å². The molecule has 148 valence electrons. The van der Waals surface area contributed by atoms with Crippen LogP contribution in [0.25, 0.3) is 10.9 Å². The van der Waals surface area contributed by atoms with E-state index in [4.69, 9.17) is 4.74 Å². The third kappa shape index (κ3) is 5.42. The van der Waals surface area contributed by atoms with Crippen molar-refractivity contribution in [2.45, 2.75) is 39.3 Å². The van der Waals surface area contributed by atoms with E-state index in [2.05, 4.69) is 9.88 Å². The molecule has 0 bridgehead atoms. The molecule has 3 rings (SSSR count). The van der Waals surface area contributed by atoms with Crippen molar-refractivity contribution in [3.8, 4) is 0 Å². The first kappa shape index (κ1) is 20.1.